The summed E-state index contributed by atoms with van der Waals surface area (Å²) in [6.07, 6.45) is 2.94. The quantitative estimate of drug-likeness (QED) is 0.575. The van der Waals surface area contributed by atoms with Crippen LogP contribution in [-0.2, 0) is 22.7 Å². The number of ether oxygens (including phenoxy) is 1. The zero-order valence-electron chi connectivity index (χ0n) is 14.5. The number of rotatable bonds is 6. The maximum Gasteiger partial charge on any atom is 0.331 e. The fourth-order valence-corrected chi connectivity index (χ4v) is 2.63. The number of carbonyl (C=O) groups is 1. The number of hydrogen-bond acceptors (Lipinski definition) is 4. The summed E-state index contributed by atoms with van der Waals surface area (Å²) in [5.74, 6) is -0.0846. The first kappa shape index (κ1) is 18.8. The van der Waals surface area contributed by atoms with Gasteiger partial charge in [0.2, 0.25) is 0 Å². The van der Waals surface area contributed by atoms with Gasteiger partial charge in [0.25, 0.3) is 0 Å². The van der Waals surface area contributed by atoms with Crippen LogP contribution in [0.4, 0.5) is 0 Å². The molecular formula is C19H20ClN3O2. The first-order valence-electron chi connectivity index (χ1n) is 7.98. The van der Waals surface area contributed by atoms with Gasteiger partial charge in [-0.3, -0.25) is 4.68 Å². The predicted octanol–water partition coefficient (Wildman–Crippen LogP) is 4.13. The Morgan fingerprint density at radius 3 is 2.84 bits per heavy atom. The Balaban J connectivity index is 2.03. The number of esters is 1. The number of nitriles is 1. The van der Waals surface area contributed by atoms with Crippen molar-refractivity contribution in [3.8, 4) is 6.07 Å². The van der Waals surface area contributed by atoms with E-state index in [9.17, 15) is 4.79 Å². The first-order chi connectivity index (χ1) is 11.9. The summed E-state index contributed by atoms with van der Waals surface area (Å²) in [6, 6.07) is 9.08. The SMILES string of the molecule is Cc1nn(CC(C)C)c(Cl)c1/C=C/C(=O)OCc1ccccc1C#N. The third-order valence-electron chi connectivity index (χ3n) is 3.54. The highest BCUT2D eigenvalue weighted by Gasteiger charge is 2.12. The Labute approximate surface area is 152 Å². The molecule has 0 N–H and O–H groups in total. The molecule has 1 aromatic carbocycles. The molecule has 0 unspecified atom stereocenters. The molecule has 0 amide bonds. The highest BCUT2D eigenvalue weighted by molar-refractivity contribution is 6.31. The molecule has 0 radical (unpaired) electrons. The molecule has 1 aromatic heterocycles. The van der Waals surface area contributed by atoms with Gasteiger partial charge >= 0.3 is 5.97 Å². The van der Waals surface area contributed by atoms with E-state index >= 15 is 0 Å². The lowest BCUT2D eigenvalue weighted by molar-refractivity contribution is -0.138. The highest BCUT2D eigenvalue weighted by Crippen LogP contribution is 2.22. The Morgan fingerprint density at radius 1 is 1.44 bits per heavy atom. The minimum Gasteiger partial charge on any atom is -0.458 e. The summed E-state index contributed by atoms with van der Waals surface area (Å²) in [6.45, 7) is 6.77. The molecular weight excluding hydrogens is 338 g/mol. The van der Waals surface area contributed by atoms with Gasteiger partial charge in [-0.25, -0.2) is 4.79 Å². The van der Waals surface area contributed by atoms with Gasteiger partial charge in [-0.15, -0.1) is 0 Å². The molecule has 0 aliphatic rings. The summed E-state index contributed by atoms with van der Waals surface area (Å²) >= 11 is 6.33. The lowest BCUT2D eigenvalue weighted by Gasteiger charge is -2.05. The van der Waals surface area contributed by atoms with Crippen LogP contribution in [0, 0.1) is 24.2 Å². The standard InChI is InChI=1S/C19H20ClN3O2/c1-13(2)11-23-19(20)17(14(3)22-23)8-9-18(24)25-12-16-7-5-4-6-15(16)10-21/h4-9,13H,11-12H2,1-3H3/b9-8+. The van der Waals surface area contributed by atoms with Gasteiger partial charge < -0.3 is 4.74 Å². The topological polar surface area (TPSA) is 67.9 Å². The molecule has 0 spiro atoms. The predicted molar refractivity (Wildman–Crippen MR) is 96.8 cm³/mol. The van der Waals surface area contributed by atoms with Crippen LogP contribution in [0.2, 0.25) is 5.15 Å². The number of carbonyl (C=O) groups excluding carboxylic acids is 1. The van der Waals surface area contributed by atoms with Crippen molar-refractivity contribution in [2.45, 2.75) is 33.9 Å². The molecule has 0 atom stereocenters. The number of nitrogens with zero attached hydrogens (tertiary/aromatic N) is 3. The molecule has 0 fully saturated rings. The van der Waals surface area contributed by atoms with Crippen molar-refractivity contribution in [1.82, 2.24) is 9.78 Å². The molecule has 0 aliphatic carbocycles. The van der Waals surface area contributed by atoms with Crippen molar-refractivity contribution >= 4 is 23.6 Å². The smallest absolute Gasteiger partial charge is 0.331 e. The highest BCUT2D eigenvalue weighted by atomic mass is 35.5. The lowest BCUT2D eigenvalue weighted by Crippen LogP contribution is -2.06. The van der Waals surface area contributed by atoms with Crippen molar-refractivity contribution in [3.63, 3.8) is 0 Å². The summed E-state index contributed by atoms with van der Waals surface area (Å²) in [7, 11) is 0. The largest absolute Gasteiger partial charge is 0.458 e. The van der Waals surface area contributed by atoms with Crippen LogP contribution in [0.1, 0.15) is 36.2 Å². The van der Waals surface area contributed by atoms with Gasteiger partial charge in [0.05, 0.1) is 17.3 Å². The minimum atomic E-state index is -0.500. The number of halogens is 1. The van der Waals surface area contributed by atoms with Gasteiger partial charge in [0.1, 0.15) is 11.8 Å². The van der Waals surface area contributed by atoms with Crippen LogP contribution in [0.5, 0.6) is 0 Å². The third kappa shape index (κ3) is 4.94. The Hall–Kier alpha value is -2.58. The van der Waals surface area contributed by atoms with Crippen molar-refractivity contribution in [1.29, 1.82) is 5.26 Å². The second kappa shape index (κ2) is 8.50. The zero-order chi connectivity index (χ0) is 18.4. The van der Waals surface area contributed by atoms with E-state index in [-0.39, 0.29) is 6.61 Å². The van der Waals surface area contributed by atoms with E-state index in [0.717, 1.165) is 5.69 Å². The van der Waals surface area contributed by atoms with Crippen LogP contribution >= 0.6 is 11.6 Å². The van der Waals surface area contributed by atoms with Crippen LogP contribution in [0.15, 0.2) is 30.3 Å². The van der Waals surface area contributed by atoms with Gasteiger partial charge in [0, 0.05) is 23.7 Å². The van der Waals surface area contributed by atoms with Crippen molar-refractivity contribution in [2.75, 3.05) is 0 Å². The number of aryl methyl sites for hydroxylation is 1. The molecule has 1 heterocycles. The van der Waals surface area contributed by atoms with Crippen LogP contribution < -0.4 is 0 Å². The molecule has 0 saturated heterocycles. The maximum atomic E-state index is 11.9. The summed E-state index contributed by atoms with van der Waals surface area (Å²) < 4.78 is 6.93. The molecule has 6 heteroatoms. The average molecular weight is 358 g/mol. The lowest BCUT2D eigenvalue weighted by atomic mass is 10.1. The van der Waals surface area contributed by atoms with E-state index in [1.165, 1.54) is 6.08 Å². The fraction of sp³-hybridized carbons (Fsp3) is 0.316. The van der Waals surface area contributed by atoms with Gasteiger partial charge in [0.15, 0.2) is 0 Å². The summed E-state index contributed by atoms with van der Waals surface area (Å²) in [5.41, 5.74) is 2.63. The zero-order valence-corrected chi connectivity index (χ0v) is 15.2. The molecule has 0 bridgehead atoms. The van der Waals surface area contributed by atoms with Crippen LogP contribution in [-0.4, -0.2) is 15.7 Å². The van der Waals surface area contributed by atoms with Gasteiger partial charge in [-0.05, 0) is 25.0 Å². The van der Waals surface area contributed by atoms with Gasteiger partial charge in [-0.2, -0.15) is 10.4 Å². The van der Waals surface area contributed by atoms with Crippen LogP contribution in [0.3, 0.4) is 0 Å². The van der Waals surface area contributed by atoms with Crippen molar-refractivity contribution in [3.05, 3.63) is 57.9 Å². The fourth-order valence-electron chi connectivity index (χ4n) is 2.33. The molecule has 25 heavy (non-hydrogen) atoms. The summed E-state index contributed by atoms with van der Waals surface area (Å²) in [4.78, 5) is 11.9. The van der Waals surface area contributed by atoms with E-state index in [1.807, 2.05) is 6.92 Å². The van der Waals surface area contributed by atoms with Crippen molar-refractivity contribution < 1.29 is 9.53 Å². The Morgan fingerprint density at radius 2 is 2.16 bits per heavy atom. The summed E-state index contributed by atoms with van der Waals surface area (Å²) in [5, 5.41) is 13.9. The second-order valence-electron chi connectivity index (χ2n) is 6.08. The molecule has 130 valence electrons. The second-order valence-corrected chi connectivity index (χ2v) is 6.43. The van der Waals surface area contributed by atoms with Gasteiger partial charge in [-0.1, -0.05) is 43.6 Å². The Bertz CT molecular complexity index is 832. The van der Waals surface area contributed by atoms with E-state index in [1.54, 1.807) is 35.0 Å². The third-order valence-corrected chi connectivity index (χ3v) is 3.94. The normalized spacial score (nSPS) is 11.0. The number of benzene rings is 1. The molecule has 2 rings (SSSR count). The first-order valence-corrected chi connectivity index (χ1v) is 8.36. The molecule has 0 aliphatic heterocycles. The maximum absolute atomic E-state index is 11.9. The van der Waals surface area contributed by atoms with Crippen molar-refractivity contribution in [2.24, 2.45) is 5.92 Å². The van der Waals surface area contributed by atoms with E-state index < -0.39 is 5.97 Å². The number of aromatic nitrogens is 2. The molecule has 0 saturated carbocycles. The van der Waals surface area contributed by atoms with E-state index in [2.05, 4.69) is 25.0 Å². The monoisotopic (exact) mass is 357 g/mol. The molecule has 2 aromatic rings. The minimum absolute atomic E-state index is 0.0478. The van der Waals surface area contributed by atoms with E-state index in [4.69, 9.17) is 21.6 Å². The average Bonchev–Trinajstić information content (AvgIpc) is 2.84. The van der Waals surface area contributed by atoms with E-state index in [0.29, 0.717) is 34.3 Å². The number of hydrogen-bond donors (Lipinski definition) is 0. The molecule has 5 nitrogen and oxygen atoms in total. The Kier molecular flexibility index (Phi) is 6.37. The van der Waals surface area contributed by atoms with Crippen LogP contribution in [0.25, 0.3) is 6.08 Å².